The van der Waals surface area contributed by atoms with Gasteiger partial charge in [0.05, 0.1) is 18.0 Å². The predicted octanol–water partition coefficient (Wildman–Crippen LogP) is 4.35. The Kier molecular flexibility index (Phi) is 4.15. The van der Waals surface area contributed by atoms with Crippen molar-refractivity contribution in [1.29, 1.82) is 0 Å². The van der Waals surface area contributed by atoms with E-state index in [-0.39, 0.29) is 0 Å². The molecule has 0 fully saturated rings. The predicted molar refractivity (Wildman–Crippen MR) is 89.2 cm³/mol. The summed E-state index contributed by atoms with van der Waals surface area (Å²) in [5, 5.41) is 5.31. The standard InChI is InChI=1S/C17H17N2OS/c1-12-7-8-13(2)16(11-12)20-9-10-21-17-18-14-5-3-4-6-15(14)19-17/h3-8,11H,9-10H2,1-2H3. The maximum absolute atomic E-state index is 5.84. The van der Waals surface area contributed by atoms with Crippen LogP contribution in [0.25, 0.3) is 0 Å². The molecule has 0 N–H and O–H groups in total. The highest BCUT2D eigenvalue weighted by Crippen LogP contribution is 2.32. The van der Waals surface area contributed by atoms with Gasteiger partial charge in [-0.2, -0.15) is 0 Å². The van der Waals surface area contributed by atoms with Gasteiger partial charge in [-0.25, -0.2) is 10.3 Å². The van der Waals surface area contributed by atoms with Gasteiger partial charge >= 0.3 is 0 Å². The first-order valence-electron chi connectivity index (χ1n) is 6.95. The lowest BCUT2D eigenvalue weighted by molar-refractivity contribution is 0.341. The van der Waals surface area contributed by atoms with Crippen molar-refractivity contribution in [3.8, 4) is 5.75 Å². The molecule has 21 heavy (non-hydrogen) atoms. The summed E-state index contributed by atoms with van der Waals surface area (Å²) in [6.07, 6.45) is 0. The number of nitrogens with zero attached hydrogens (tertiary/aromatic N) is 2. The Balaban J connectivity index is 1.49. The minimum atomic E-state index is 0.653. The van der Waals surface area contributed by atoms with Crippen LogP contribution in [0, 0.1) is 13.8 Å². The number of hydrogen-bond acceptors (Lipinski definition) is 3. The average molecular weight is 297 g/mol. The highest BCUT2D eigenvalue weighted by Gasteiger charge is 2.15. The summed E-state index contributed by atoms with van der Waals surface area (Å²) in [4.78, 5) is 4.49. The molecule has 107 valence electrons. The molecular formula is C17H17N2OS. The van der Waals surface area contributed by atoms with E-state index in [1.165, 1.54) is 11.1 Å². The molecule has 2 aromatic carbocycles. The summed E-state index contributed by atoms with van der Waals surface area (Å²) < 4.78 is 5.84. The molecule has 3 nitrogen and oxygen atoms in total. The lowest BCUT2D eigenvalue weighted by Gasteiger charge is -2.09. The van der Waals surface area contributed by atoms with Crippen LogP contribution < -0.4 is 10.1 Å². The fraction of sp³-hybridized carbons (Fsp3) is 0.235. The van der Waals surface area contributed by atoms with Gasteiger partial charge in [-0.3, -0.25) is 0 Å². The van der Waals surface area contributed by atoms with E-state index < -0.39 is 0 Å². The van der Waals surface area contributed by atoms with Gasteiger partial charge in [0.15, 0.2) is 5.17 Å². The molecule has 1 radical (unpaired) electrons. The van der Waals surface area contributed by atoms with E-state index in [9.17, 15) is 0 Å². The number of hydrogen-bond donors (Lipinski definition) is 0. The molecule has 0 saturated heterocycles. The third-order valence-electron chi connectivity index (χ3n) is 3.23. The van der Waals surface area contributed by atoms with Crippen LogP contribution in [0.1, 0.15) is 11.1 Å². The van der Waals surface area contributed by atoms with Gasteiger partial charge in [0, 0.05) is 5.75 Å². The number of thioether (sulfide) groups is 1. The van der Waals surface area contributed by atoms with Gasteiger partial charge < -0.3 is 4.74 Å². The second-order valence-corrected chi connectivity index (χ2v) is 6.02. The number of ether oxygens (including phenoxy) is 1. The lowest BCUT2D eigenvalue weighted by atomic mass is 10.1. The molecule has 4 heteroatoms. The van der Waals surface area contributed by atoms with E-state index in [1.807, 2.05) is 24.3 Å². The Hall–Kier alpha value is -1.94. The second-order valence-electron chi connectivity index (χ2n) is 4.96. The fourth-order valence-electron chi connectivity index (χ4n) is 2.10. The van der Waals surface area contributed by atoms with Gasteiger partial charge in [-0.15, -0.1) is 0 Å². The Bertz CT molecular complexity index is 682. The number of aliphatic imine (C=N–C) groups is 1. The topological polar surface area (TPSA) is 35.7 Å². The highest BCUT2D eigenvalue weighted by atomic mass is 32.2. The first-order chi connectivity index (χ1) is 10.2. The molecule has 0 atom stereocenters. The van der Waals surface area contributed by atoms with Crippen LogP contribution in [0.15, 0.2) is 47.5 Å². The molecule has 0 spiro atoms. The Labute approximate surface area is 129 Å². The van der Waals surface area contributed by atoms with Crippen molar-refractivity contribution in [3.63, 3.8) is 0 Å². The van der Waals surface area contributed by atoms with Gasteiger partial charge in [0.25, 0.3) is 0 Å². The van der Waals surface area contributed by atoms with Crippen molar-refractivity contribution in [1.82, 2.24) is 5.32 Å². The molecule has 2 aromatic rings. The molecule has 0 bridgehead atoms. The summed E-state index contributed by atoms with van der Waals surface area (Å²) in [5.41, 5.74) is 4.29. The lowest BCUT2D eigenvalue weighted by Crippen LogP contribution is -2.07. The number of benzene rings is 2. The van der Waals surface area contributed by atoms with Gasteiger partial charge in [0.2, 0.25) is 0 Å². The molecule has 0 saturated carbocycles. The van der Waals surface area contributed by atoms with Crippen LogP contribution in [0.2, 0.25) is 0 Å². The first-order valence-corrected chi connectivity index (χ1v) is 7.93. The van der Waals surface area contributed by atoms with Crippen LogP contribution in [-0.2, 0) is 0 Å². The van der Waals surface area contributed by atoms with Crippen molar-refractivity contribution in [2.75, 3.05) is 12.4 Å². The summed E-state index contributed by atoms with van der Waals surface area (Å²) in [6.45, 7) is 4.79. The van der Waals surface area contributed by atoms with Crippen LogP contribution in [0.5, 0.6) is 5.75 Å². The summed E-state index contributed by atoms with van der Waals surface area (Å²) in [5.74, 6) is 1.80. The number of amidine groups is 1. The number of aryl methyl sites for hydroxylation is 2. The van der Waals surface area contributed by atoms with Gasteiger partial charge in [-0.1, -0.05) is 36.0 Å². The van der Waals surface area contributed by atoms with Crippen molar-refractivity contribution in [2.24, 2.45) is 4.99 Å². The maximum Gasteiger partial charge on any atom is 0.188 e. The largest absolute Gasteiger partial charge is 0.492 e. The van der Waals surface area contributed by atoms with E-state index >= 15 is 0 Å². The zero-order chi connectivity index (χ0) is 14.7. The van der Waals surface area contributed by atoms with E-state index in [0.717, 1.165) is 28.0 Å². The van der Waals surface area contributed by atoms with Crippen LogP contribution in [0.4, 0.5) is 11.4 Å². The number of rotatable bonds is 4. The molecule has 1 aliphatic heterocycles. The van der Waals surface area contributed by atoms with Crippen LogP contribution in [0.3, 0.4) is 0 Å². The van der Waals surface area contributed by atoms with Crippen LogP contribution in [-0.4, -0.2) is 17.5 Å². The molecule has 1 aliphatic rings. The average Bonchev–Trinajstić information content (AvgIpc) is 2.89. The van der Waals surface area contributed by atoms with Gasteiger partial charge in [0.1, 0.15) is 5.75 Å². The Morgan fingerprint density at radius 1 is 1.05 bits per heavy atom. The maximum atomic E-state index is 5.84. The van der Waals surface area contributed by atoms with E-state index in [1.54, 1.807) is 11.8 Å². The molecule has 0 aliphatic carbocycles. The quantitative estimate of drug-likeness (QED) is 0.786. The number of fused-ring (bicyclic) bond motifs is 1. The Morgan fingerprint density at radius 2 is 1.86 bits per heavy atom. The summed E-state index contributed by atoms with van der Waals surface area (Å²) in [6, 6.07) is 14.2. The minimum Gasteiger partial charge on any atom is -0.492 e. The van der Waals surface area contributed by atoms with Crippen molar-refractivity contribution >= 4 is 28.3 Å². The van der Waals surface area contributed by atoms with Gasteiger partial charge in [-0.05, 0) is 43.2 Å². The monoisotopic (exact) mass is 297 g/mol. The molecule has 0 unspecified atom stereocenters. The third-order valence-corrected chi connectivity index (χ3v) is 4.04. The molecule has 0 aromatic heterocycles. The van der Waals surface area contributed by atoms with E-state index in [2.05, 4.69) is 42.4 Å². The SMILES string of the molecule is Cc1ccc(C)c(OCCSC2=Nc3ccccc3[N]2)c1. The molecule has 3 rings (SSSR count). The normalized spacial score (nSPS) is 12.6. The smallest absolute Gasteiger partial charge is 0.188 e. The zero-order valence-corrected chi connectivity index (χ0v) is 13.0. The second kappa shape index (κ2) is 6.22. The zero-order valence-electron chi connectivity index (χ0n) is 12.2. The number of para-hydroxylation sites is 2. The van der Waals surface area contributed by atoms with Crippen molar-refractivity contribution < 1.29 is 4.74 Å². The minimum absolute atomic E-state index is 0.653. The summed E-state index contributed by atoms with van der Waals surface area (Å²) >= 11 is 1.63. The van der Waals surface area contributed by atoms with Crippen molar-refractivity contribution in [3.05, 3.63) is 53.6 Å². The van der Waals surface area contributed by atoms with E-state index in [0.29, 0.717) is 6.61 Å². The molecular weight excluding hydrogens is 280 g/mol. The molecule has 0 amide bonds. The van der Waals surface area contributed by atoms with Crippen LogP contribution >= 0.6 is 11.8 Å². The first kappa shape index (κ1) is 14.0. The molecule has 1 heterocycles. The highest BCUT2D eigenvalue weighted by molar-refractivity contribution is 8.13. The third kappa shape index (κ3) is 3.39. The van der Waals surface area contributed by atoms with E-state index in [4.69, 9.17) is 4.74 Å². The summed E-state index contributed by atoms with van der Waals surface area (Å²) in [7, 11) is 0. The van der Waals surface area contributed by atoms with Crippen molar-refractivity contribution in [2.45, 2.75) is 13.8 Å². The fourth-order valence-corrected chi connectivity index (χ4v) is 2.77. The Morgan fingerprint density at radius 3 is 2.67 bits per heavy atom.